The molecule has 3 aromatic heterocycles. The summed E-state index contributed by atoms with van der Waals surface area (Å²) in [7, 11) is 0. The molecule has 0 aliphatic carbocycles. The minimum atomic E-state index is -0.319. The largest absolute Gasteiger partial charge is 0.463 e. The number of para-hydroxylation sites is 1. The van der Waals surface area contributed by atoms with Crippen LogP contribution in [0.25, 0.3) is 21.7 Å². The van der Waals surface area contributed by atoms with Gasteiger partial charge in [0.05, 0.1) is 16.9 Å². The summed E-state index contributed by atoms with van der Waals surface area (Å²) in [5.74, 6) is 0.141. The molecule has 1 aromatic carbocycles. The molecule has 5 rings (SSSR count). The zero-order valence-corrected chi connectivity index (χ0v) is 15.5. The molecule has 1 saturated heterocycles. The molecule has 0 bridgehead atoms. The van der Waals surface area contributed by atoms with E-state index >= 15 is 0 Å². The third-order valence-electron chi connectivity index (χ3n) is 4.39. The monoisotopic (exact) mass is 400 g/mol. The Labute approximate surface area is 161 Å². The molecular formula is C18H13FN4O2S2. The van der Waals surface area contributed by atoms with Crippen LogP contribution in [0.3, 0.4) is 0 Å². The van der Waals surface area contributed by atoms with E-state index in [4.69, 9.17) is 4.42 Å². The first kappa shape index (κ1) is 16.4. The van der Waals surface area contributed by atoms with Gasteiger partial charge in [0, 0.05) is 18.5 Å². The number of halogens is 1. The SMILES string of the molecule is O=C(Nc1nc(-c2ccco2)cs1)C1CN(c2nc3c(F)cccc3s2)C1. The molecular weight excluding hydrogens is 387 g/mol. The normalized spacial score (nSPS) is 14.5. The highest BCUT2D eigenvalue weighted by atomic mass is 32.1. The minimum Gasteiger partial charge on any atom is -0.463 e. The molecule has 6 nitrogen and oxygen atoms in total. The summed E-state index contributed by atoms with van der Waals surface area (Å²) >= 11 is 2.80. The second-order valence-corrected chi connectivity index (χ2v) is 8.06. The maximum atomic E-state index is 13.8. The van der Waals surface area contributed by atoms with E-state index in [1.807, 2.05) is 22.4 Å². The molecule has 0 saturated carbocycles. The molecule has 136 valence electrons. The van der Waals surface area contributed by atoms with Crippen LogP contribution in [-0.4, -0.2) is 29.0 Å². The minimum absolute atomic E-state index is 0.0705. The highest BCUT2D eigenvalue weighted by Gasteiger charge is 2.35. The molecule has 4 aromatic rings. The van der Waals surface area contributed by atoms with Gasteiger partial charge in [-0.25, -0.2) is 14.4 Å². The highest BCUT2D eigenvalue weighted by Crippen LogP contribution is 2.34. The maximum Gasteiger partial charge on any atom is 0.232 e. The summed E-state index contributed by atoms with van der Waals surface area (Å²) in [4.78, 5) is 23.1. The average molecular weight is 400 g/mol. The van der Waals surface area contributed by atoms with Crippen molar-refractivity contribution >= 4 is 49.1 Å². The van der Waals surface area contributed by atoms with Gasteiger partial charge in [-0.2, -0.15) is 0 Å². The Balaban J connectivity index is 1.22. The molecule has 9 heteroatoms. The third kappa shape index (κ3) is 2.98. The van der Waals surface area contributed by atoms with Crippen LogP contribution in [0, 0.1) is 11.7 Å². The van der Waals surface area contributed by atoms with Gasteiger partial charge < -0.3 is 14.6 Å². The number of amides is 1. The summed E-state index contributed by atoms with van der Waals surface area (Å²) in [5, 5.41) is 5.99. The van der Waals surface area contributed by atoms with Gasteiger partial charge in [0.2, 0.25) is 5.91 Å². The Morgan fingerprint density at radius 3 is 2.93 bits per heavy atom. The number of furan rings is 1. The lowest BCUT2D eigenvalue weighted by atomic mass is 10.0. The number of rotatable bonds is 4. The van der Waals surface area contributed by atoms with E-state index in [1.54, 1.807) is 18.4 Å². The molecule has 27 heavy (non-hydrogen) atoms. The number of aromatic nitrogens is 2. The van der Waals surface area contributed by atoms with Crippen LogP contribution >= 0.6 is 22.7 Å². The summed E-state index contributed by atoms with van der Waals surface area (Å²) in [6, 6.07) is 8.55. The quantitative estimate of drug-likeness (QED) is 0.555. The van der Waals surface area contributed by atoms with Gasteiger partial charge in [-0.1, -0.05) is 17.4 Å². The Hall–Kier alpha value is -2.78. The average Bonchev–Trinajstić information content (AvgIpc) is 3.33. The first-order chi connectivity index (χ1) is 13.2. The second-order valence-electron chi connectivity index (χ2n) is 6.19. The number of carbonyl (C=O) groups is 1. The van der Waals surface area contributed by atoms with Crippen molar-refractivity contribution in [2.75, 3.05) is 23.3 Å². The highest BCUT2D eigenvalue weighted by molar-refractivity contribution is 7.22. The van der Waals surface area contributed by atoms with Crippen molar-refractivity contribution < 1.29 is 13.6 Å². The van der Waals surface area contributed by atoms with E-state index in [0.717, 1.165) is 9.83 Å². The number of nitrogens with one attached hydrogen (secondary N) is 1. The molecule has 0 spiro atoms. The topological polar surface area (TPSA) is 71.3 Å². The zero-order chi connectivity index (χ0) is 18.4. The number of benzene rings is 1. The van der Waals surface area contributed by atoms with Crippen LogP contribution in [0.2, 0.25) is 0 Å². The molecule has 0 radical (unpaired) electrons. The number of hydrogen-bond donors (Lipinski definition) is 1. The Morgan fingerprint density at radius 2 is 2.15 bits per heavy atom. The smallest absolute Gasteiger partial charge is 0.232 e. The van der Waals surface area contributed by atoms with E-state index in [-0.39, 0.29) is 17.6 Å². The lowest BCUT2D eigenvalue weighted by Gasteiger charge is -2.37. The van der Waals surface area contributed by atoms with Gasteiger partial charge in [0.1, 0.15) is 17.0 Å². The van der Waals surface area contributed by atoms with Gasteiger partial charge in [-0.05, 0) is 24.3 Å². The zero-order valence-electron chi connectivity index (χ0n) is 13.9. The van der Waals surface area contributed by atoms with Crippen LogP contribution in [0.5, 0.6) is 0 Å². The van der Waals surface area contributed by atoms with Crippen LogP contribution < -0.4 is 10.2 Å². The number of thiazole rings is 2. The number of carbonyl (C=O) groups excluding carboxylic acids is 1. The van der Waals surface area contributed by atoms with Crippen molar-refractivity contribution in [3.8, 4) is 11.5 Å². The summed E-state index contributed by atoms with van der Waals surface area (Å²) in [6.45, 7) is 1.12. The molecule has 0 atom stereocenters. The van der Waals surface area contributed by atoms with Crippen LogP contribution in [0.4, 0.5) is 14.7 Å². The van der Waals surface area contributed by atoms with E-state index < -0.39 is 0 Å². The molecule has 1 N–H and O–H groups in total. The van der Waals surface area contributed by atoms with Crippen LogP contribution in [-0.2, 0) is 4.79 Å². The molecule has 0 unspecified atom stereocenters. The summed E-state index contributed by atoms with van der Waals surface area (Å²) in [5.41, 5.74) is 1.09. The van der Waals surface area contributed by atoms with E-state index in [1.165, 1.54) is 28.7 Å². The first-order valence-electron chi connectivity index (χ1n) is 8.27. The van der Waals surface area contributed by atoms with E-state index in [2.05, 4.69) is 15.3 Å². The standard InChI is InChI=1S/C18H13FN4O2S2/c19-11-3-1-5-14-15(11)21-18(27-14)23-7-10(8-23)16(24)22-17-20-12(9-26-17)13-4-2-6-25-13/h1-6,9-10H,7-8H2,(H,20,22,24). The molecule has 1 amide bonds. The molecule has 4 heterocycles. The third-order valence-corrected chi connectivity index (χ3v) is 6.23. The van der Waals surface area contributed by atoms with Crippen molar-refractivity contribution in [1.29, 1.82) is 0 Å². The number of anilines is 2. The fourth-order valence-electron chi connectivity index (χ4n) is 2.92. The van der Waals surface area contributed by atoms with Gasteiger partial charge in [0.25, 0.3) is 0 Å². The first-order valence-corrected chi connectivity index (χ1v) is 9.97. The number of hydrogen-bond acceptors (Lipinski definition) is 7. The predicted octanol–water partition coefficient (Wildman–Crippen LogP) is 4.23. The van der Waals surface area contributed by atoms with Crippen molar-refractivity contribution in [1.82, 2.24) is 9.97 Å². The Kier molecular flexibility index (Phi) is 3.91. The molecule has 1 aliphatic rings. The maximum absolute atomic E-state index is 13.8. The van der Waals surface area contributed by atoms with Crippen molar-refractivity contribution in [2.45, 2.75) is 0 Å². The van der Waals surface area contributed by atoms with Crippen molar-refractivity contribution in [3.63, 3.8) is 0 Å². The van der Waals surface area contributed by atoms with E-state index in [0.29, 0.717) is 35.2 Å². The van der Waals surface area contributed by atoms with Gasteiger partial charge in [0.15, 0.2) is 16.0 Å². The fourth-order valence-corrected chi connectivity index (χ4v) is 4.62. The number of nitrogens with zero attached hydrogens (tertiary/aromatic N) is 3. The van der Waals surface area contributed by atoms with Crippen LogP contribution in [0.15, 0.2) is 46.4 Å². The Morgan fingerprint density at radius 1 is 1.26 bits per heavy atom. The number of fused-ring (bicyclic) bond motifs is 1. The van der Waals surface area contributed by atoms with Gasteiger partial charge in [-0.15, -0.1) is 11.3 Å². The lowest BCUT2D eigenvalue weighted by Crippen LogP contribution is -2.52. The van der Waals surface area contributed by atoms with Gasteiger partial charge >= 0.3 is 0 Å². The fraction of sp³-hybridized carbons (Fsp3) is 0.167. The van der Waals surface area contributed by atoms with Gasteiger partial charge in [-0.3, -0.25) is 4.79 Å². The second kappa shape index (κ2) is 6.43. The van der Waals surface area contributed by atoms with Crippen LogP contribution in [0.1, 0.15) is 0 Å². The predicted molar refractivity (Wildman–Crippen MR) is 104 cm³/mol. The summed E-state index contributed by atoms with van der Waals surface area (Å²) < 4.78 is 19.9. The van der Waals surface area contributed by atoms with E-state index in [9.17, 15) is 9.18 Å². The lowest BCUT2D eigenvalue weighted by molar-refractivity contribution is -0.120. The summed E-state index contributed by atoms with van der Waals surface area (Å²) in [6.07, 6.45) is 1.59. The molecule has 1 fully saturated rings. The van der Waals surface area contributed by atoms with Crippen molar-refractivity contribution in [3.05, 3.63) is 47.8 Å². The molecule has 1 aliphatic heterocycles. The van der Waals surface area contributed by atoms with Crippen molar-refractivity contribution in [2.24, 2.45) is 5.92 Å². The Bertz CT molecular complexity index is 1120.